The van der Waals surface area contributed by atoms with Gasteiger partial charge in [0.05, 0.1) is 6.61 Å². The highest BCUT2D eigenvalue weighted by molar-refractivity contribution is 5.70. The van der Waals surface area contributed by atoms with Crippen LogP contribution in [0.5, 0.6) is 0 Å². The zero-order valence-electron chi connectivity index (χ0n) is 47.8. The Morgan fingerprint density at radius 1 is 0.311 bits per heavy atom. The number of esters is 2. The SMILES string of the molecule is CC/C=C\C/C=C\C/C=C\C/C=C\C/C=C\CCCCCC(=O)OCC(COCCCCCCCCC/C=C\C/C=C\C/C=C\CCCCC)OC(=O)CCCCC/C=C\C/C=C\C/C=C\C/C=C\C/C=C\CC. The average Bonchev–Trinajstić information content (AvgIpc) is 3.40. The van der Waals surface area contributed by atoms with E-state index in [0.29, 0.717) is 19.4 Å². The fraction of sp³-hybridized carbons (Fsp3) is 0.594. The third-order valence-corrected chi connectivity index (χ3v) is 12.0. The van der Waals surface area contributed by atoms with Crippen molar-refractivity contribution < 1.29 is 23.8 Å². The lowest BCUT2D eigenvalue weighted by atomic mass is 10.1. The Kier molecular flexibility index (Phi) is 59.0. The molecule has 0 aliphatic rings. The smallest absolute Gasteiger partial charge is 0.306 e. The molecule has 5 heteroatoms. The maximum Gasteiger partial charge on any atom is 0.306 e. The molecule has 0 saturated heterocycles. The van der Waals surface area contributed by atoms with Gasteiger partial charge in [0.1, 0.15) is 6.61 Å². The lowest BCUT2D eigenvalue weighted by Crippen LogP contribution is -2.30. The normalized spacial score (nSPS) is 13.4. The molecule has 0 aromatic carbocycles. The van der Waals surface area contributed by atoms with Gasteiger partial charge in [-0.2, -0.15) is 0 Å². The van der Waals surface area contributed by atoms with Gasteiger partial charge in [0.15, 0.2) is 6.10 Å². The van der Waals surface area contributed by atoms with Crippen LogP contribution in [0.15, 0.2) is 158 Å². The Balaban J connectivity index is 4.47. The summed E-state index contributed by atoms with van der Waals surface area (Å²) in [6, 6.07) is 0. The second-order valence-corrected chi connectivity index (χ2v) is 19.1. The maximum atomic E-state index is 12.9. The number of hydrogen-bond acceptors (Lipinski definition) is 5. The van der Waals surface area contributed by atoms with Gasteiger partial charge in [0.2, 0.25) is 0 Å². The Labute approximate surface area is 456 Å². The van der Waals surface area contributed by atoms with E-state index >= 15 is 0 Å². The quantitative estimate of drug-likeness (QED) is 0.0345. The molecule has 0 spiro atoms. The molecule has 1 atom stereocenters. The largest absolute Gasteiger partial charge is 0.462 e. The molecule has 0 radical (unpaired) electrons. The monoisotopic (exact) mass is 1020 g/mol. The van der Waals surface area contributed by atoms with Gasteiger partial charge in [0, 0.05) is 19.4 Å². The molecule has 0 saturated carbocycles. The molecule has 0 fully saturated rings. The van der Waals surface area contributed by atoms with Crippen LogP contribution in [-0.4, -0.2) is 37.9 Å². The van der Waals surface area contributed by atoms with Crippen molar-refractivity contribution in [1.82, 2.24) is 0 Å². The first-order valence-corrected chi connectivity index (χ1v) is 30.0. The van der Waals surface area contributed by atoms with Crippen molar-refractivity contribution in [2.75, 3.05) is 19.8 Å². The van der Waals surface area contributed by atoms with Crippen LogP contribution in [0.1, 0.15) is 239 Å². The zero-order chi connectivity index (χ0) is 53.4. The molecule has 0 amide bonds. The van der Waals surface area contributed by atoms with Gasteiger partial charge in [-0.05, 0) is 148 Å². The minimum absolute atomic E-state index is 0.0391. The maximum absolute atomic E-state index is 12.9. The minimum Gasteiger partial charge on any atom is -0.462 e. The molecule has 0 aliphatic heterocycles. The molecule has 0 heterocycles. The van der Waals surface area contributed by atoms with Crippen LogP contribution in [0, 0.1) is 0 Å². The number of carbonyl (C=O) groups is 2. The van der Waals surface area contributed by atoms with E-state index in [0.717, 1.165) is 148 Å². The van der Waals surface area contributed by atoms with Crippen molar-refractivity contribution in [3.63, 3.8) is 0 Å². The first-order valence-electron chi connectivity index (χ1n) is 30.0. The van der Waals surface area contributed by atoms with E-state index in [1.165, 1.54) is 57.8 Å². The molecule has 416 valence electrons. The first-order chi connectivity index (χ1) is 36.6. The van der Waals surface area contributed by atoms with E-state index in [1.807, 2.05) is 0 Å². The van der Waals surface area contributed by atoms with Gasteiger partial charge < -0.3 is 14.2 Å². The van der Waals surface area contributed by atoms with Gasteiger partial charge in [-0.15, -0.1) is 0 Å². The Hall–Kier alpha value is -4.48. The van der Waals surface area contributed by atoms with Crippen molar-refractivity contribution in [2.45, 2.75) is 245 Å². The third-order valence-electron chi connectivity index (χ3n) is 12.0. The highest BCUT2D eigenvalue weighted by Gasteiger charge is 2.17. The van der Waals surface area contributed by atoms with Gasteiger partial charge in [-0.25, -0.2) is 0 Å². The number of hydrogen-bond donors (Lipinski definition) is 0. The summed E-state index contributed by atoms with van der Waals surface area (Å²) in [5, 5.41) is 0. The number of rotatable bonds is 53. The minimum atomic E-state index is -0.588. The lowest BCUT2D eigenvalue weighted by molar-refractivity contribution is -0.163. The second-order valence-electron chi connectivity index (χ2n) is 19.1. The third kappa shape index (κ3) is 60.1. The molecule has 0 N–H and O–H groups in total. The molecule has 0 bridgehead atoms. The topological polar surface area (TPSA) is 61.8 Å². The van der Waals surface area contributed by atoms with Crippen molar-refractivity contribution in [3.8, 4) is 0 Å². The summed E-state index contributed by atoms with van der Waals surface area (Å²) < 4.78 is 17.4. The fourth-order valence-corrected chi connectivity index (χ4v) is 7.63. The standard InChI is InChI=1S/C69H110O5/c1-4-7-10-13-16-19-22-25-28-31-34-37-40-43-46-49-52-55-58-61-64-72-65-67(74-69(71)63-60-57-54-51-48-45-42-39-36-33-30-27-24-21-18-15-12-9-6-3)66-73-68(70)62-59-56-53-50-47-44-41-38-35-32-29-26-23-20-17-14-11-8-5-2/h8-9,11-12,16-21,25-30,34-39,44-45,47-48,67H,4-7,10,13-15,22-24,31-33,40-43,46,49-66H2,1-3H3/b11-8-,12-9-,19-16-,20-17-,21-18-,28-25-,29-26-,30-27-,37-34-,38-35-,39-36-,47-44-,48-45-. The Morgan fingerprint density at radius 3 is 0.973 bits per heavy atom. The van der Waals surface area contributed by atoms with E-state index in [-0.39, 0.29) is 25.2 Å². The van der Waals surface area contributed by atoms with Crippen LogP contribution >= 0.6 is 0 Å². The summed E-state index contributed by atoms with van der Waals surface area (Å²) in [6.45, 7) is 7.47. The molecule has 74 heavy (non-hydrogen) atoms. The fourth-order valence-electron chi connectivity index (χ4n) is 7.63. The van der Waals surface area contributed by atoms with Crippen LogP contribution in [0.2, 0.25) is 0 Å². The molecule has 0 rings (SSSR count). The molecular formula is C69H110O5. The van der Waals surface area contributed by atoms with E-state index < -0.39 is 6.10 Å². The predicted octanol–water partition coefficient (Wildman–Crippen LogP) is 21.0. The number of ether oxygens (including phenoxy) is 3. The molecule has 0 aromatic heterocycles. The highest BCUT2D eigenvalue weighted by Crippen LogP contribution is 2.12. The number of allylic oxidation sites excluding steroid dienone is 26. The predicted molar refractivity (Wildman–Crippen MR) is 324 cm³/mol. The molecular weight excluding hydrogens is 909 g/mol. The van der Waals surface area contributed by atoms with Gasteiger partial charge >= 0.3 is 11.9 Å². The Morgan fingerprint density at radius 2 is 0.608 bits per heavy atom. The lowest BCUT2D eigenvalue weighted by Gasteiger charge is -2.18. The van der Waals surface area contributed by atoms with Crippen molar-refractivity contribution >= 4 is 11.9 Å². The van der Waals surface area contributed by atoms with Crippen molar-refractivity contribution in [3.05, 3.63) is 158 Å². The molecule has 0 aromatic rings. The molecule has 0 aliphatic carbocycles. The van der Waals surface area contributed by atoms with Crippen LogP contribution in [0.3, 0.4) is 0 Å². The summed E-state index contributed by atoms with van der Waals surface area (Å²) >= 11 is 0. The molecule has 1 unspecified atom stereocenters. The van der Waals surface area contributed by atoms with Gasteiger partial charge in [0.25, 0.3) is 0 Å². The van der Waals surface area contributed by atoms with Crippen LogP contribution in [-0.2, 0) is 23.8 Å². The summed E-state index contributed by atoms with van der Waals surface area (Å²) in [6.07, 6.45) is 92.7. The van der Waals surface area contributed by atoms with E-state index in [2.05, 4.69) is 179 Å². The van der Waals surface area contributed by atoms with E-state index in [1.54, 1.807) is 0 Å². The van der Waals surface area contributed by atoms with Crippen LogP contribution in [0.25, 0.3) is 0 Å². The second kappa shape index (κ2) is 62.8. The van der Waals surface area contributed by atoms with Crippen LogP contribution < -0.4 is 0 Å². The summed E-state index contributed by atoms with van der Waals surface area (Å²) in [5.41, 5.74) is 0. The molecule has 5 nitrogen and oxygen atoms in total. The van der Waals surface area contributed by atoms with E-state index in [4.69, 9.17) is 14.2 Å². The zero-order valence-corrected chi connectivity index (χ0v) is 47.8. The van der Waals surface area contributed by atoms with Gasteiger partial charge in [-0.1, -0.05) is 237 Å². The van der Waals surface area contributed by atoms with Gasteiger partial charge in [-0.3, -0.25) is 9.59 Å². The number of unbranched alkanes of at least 4 members (excludes halogenated alkanes) is 16. The summed E-state index contributed by atoms with van der Waals surface area (Å²) in [5.74, 6) is -0.487. The van der Waals surface area contributed by atoms with E-state index in [9.17, 15) is 9.59 Å². The van der Waals surface area contributed by atoms with Crippen molar-refractivity contribution in [1.29, 1.82) is 0 Å². The highest BCUT2D eigenvalue weighted by atomic mass is 16.6. The summed E-state index contributed by atoms with van der Waals surface area (Å²) in [7, 11) is 0. The Bertz CT molecular complexity index is 1620. The first kappa shape index (κ1) is 69.5. The van der Waals surface area contributed by atoms with Crippen LogP contribution in [0.4, 0.5) is 0 Å². The summed E-state index contributed by atoms with van der Waals surface area (Å²) in [4.78, 5) is 25.6. The van der Waals surface area contributed by atoms with Crippen molar-refractivity contribution in [2.24, 2.45) is 0 Å². The average molecular weight is 1020 g/mol. The number of carbonyl (C=O) groups excluding carboxylic acids is 2.